The fourth-order valence-electron chi connectivity index (χ4n) is 1.38. The molecule has 0 saturated carbocycles. The third kappa shape index (κ3) is 2.90. The van der Waals surface area contributed by atoms with Crippen LogP contribution in [-0.4, -0.2) is 0 Å². The molecule has 0 heterocycles. The highest BCUT2D eigenvalue weighted by atomic mass is 14.0. The molecule has 0 unspecified atom stereocenters. The van der Waals surface area contributed by atoms with E-state index in [0.29, 0.717) is 5.92 Å². The molecular formula is C13H16. The summed E-state index contributed by atoms with van der Waals surface area (Å²) in [4.78, 5) is 0. The molecule has 0 amide bonds. The summed E-state index contributed by atoms with van der Waals surface area (Å²) in [5, 5.41) is 0. The van der Waals surface area contributed by atoms with E-state index in [-0.39, 0.29) is 0 Å². The highest BCUT2D eigenvalue weighted by Gasteiger charge is 2.00. The largest absolute Gasteiger partial charge is 0.0907 e. The molecule has 0 fully saturated rings. The minimum absolute atomic E-state index is 0.427. The number of hydrogen-bond donors (Lipinski definition) is 0. The first-order valence-electron chi connectivity index (χ1n) is 4.69. The molecule has 0 bridgehead atoms. The number of hydrogen-bond acceptors (Lipinski definition) is 0. The molecule has 0 atom stereocenters. The van der Waals surface area contributed by atoms with Gasteiger partial charge in [0.15, 0.2) is 0 Å². The average molecular weight is 172 g/mol. The normalized spacial score (nSPS) is 14.0. The predicted octanol–water partition coefficient (Wildman–Crippen LogP) is 3.92. The zero-order chi connectivity index (χ0) is 9.52. The van der Waals surface area contributed by atoms with Crippen molar-refractivity contribution >= 4 is 0 Å². The lowest BCUT2D eigenvalue weighted by atomic mass is 9.98. The maximum absolute atomic E-state index is 2.20. The topological polar surface area (TPSA) is 0 Å². The van der Waals surface area contributed by atoms with E-state index in [2.05, 4.69) is 62.4 Å². The summed E-state index contributed by atoms with van der Waals surface area (Å²) in [5.41, 5.74) is 1.35. The monoisotopic (exact) mass is 172 g/mol. The van der Waals surface area contributed by atoms with Gasteiger partial charge in [-0.1, -0.05) is 54.6 Å². The van der Waals surface area contributed by atoms with E-state index in [9.17, 15) is 0 Å². The summed E-state index contributed by atoms with van der Waals surface area (Å²) in [5.74, 6) is 0.427. The quantitative estimate of drug-likeness (QED) is 0.606. The molecule has 1 aromatic rings. The van der Waals surface area contributed by atoms with E-state index in [1.165, 1.54) is 5.56 Å². The zero-order valence-electron chi connectivity index (χ0n) is 8.27. The molecule has 13 heavy (non-hydrogen) atoms. The van der Waals surface area contributed by atoms with E-state index in [1.54, 1.807) is 0 Å². The Morgan fingerprint density at radius 1 is 0.923 bits per heavy atom. The van der Waals surface area contributed by atoms with Crippen molar-refractivity contribution in [2.24, 2.45) is 0 Å². The standard InChI is InChI=1S/C13H16/c1-3-8-12(9-4-2)13-10-6-5-7-11-13/h3-12H,1-2H3. The third-order valence-corrected chi connectivity index (χ3v) is 1.98. The Morgan fingerprint density at radius 3 is 1.92 bits per heavy atom. The maximum atomic E-state index is 2.20. The number of rotatable bonds is 3. The van der Waals surface area contributed by atoms with Crippen molar-refractivity contribution in [1.82, 2.24) is 0 Å². The Kier molecular flexibility index (Phi) is 4.04. The van der Waals surface area contributed by atoms with Gasteiger partial charge in [-0.15, -0.1) is 0 Å². The summed E-state index contributed by atoms with van der Waals surface area (Å²) in [7, 11) is 0. The fourth-order valence-corrected chi connectivity index (χ4v) is 1.38. The van der Waals surface area contributed by atoms with Crippen LogP contribution in [0.25, 0.3) is 0 Å². The van der Waals surface area contributed by atoms with Crippen LogP contribution in [0, 0.1) is 0 Å². The van der Waals surface area contributed by atoms with Gasteiger partial charge in [-0.05, 0) is 19.4 Å². The lowest BCUT2D eigenvalue weighted by Gasteiger charge is -2.06. The van der Waals surface area contributed by atoms with Crippen LogP contribution in [0.15, 0.2) is 54.6 Å². The van der Waals surface area contributed by atoms with Gasteiger partial charge in [0.05, 0.1) is 0 Å². The zero-order valence-corrected chi connectivity index (χ0v) is 8.27. The van der Waals surface area contributed by atoms with Gasteiger partial charge >= 0.3 is 0 Å². The lowest BCUT2D eigenvalue weighted by Crippen LogP contribution is -1.89. The van der Waals surface area contributed by atoms with Gasteiger partial charge in [-0.25, -0.2) is 0 Å². The SMILES string of the molecule is CC=CC(C=CC)c1ccccc1. The molecule has 1 rings (SSSR count). The molecule has 0 heteroatoms. The smallest absolute Gasteiger partial charge is 0.0198 e. The predicted molar refractivity (Wildman–Crippen MR) is 58.8 cm³/mol. The van der Waals surface area contributed by atoms with Gasteiger partial charge in [0.25, 0.3) is 0 Å². The average Bonchev–Trinajstić information content (AvgIpc) is 2.19. The molecular weight excluding hydrogens is 156 g/mol. The molecule has 0 aromatic heterocycles. The number of allylic oxidation sites excluding steroid dienone is 4. The first kappa shape index (κ1) is 9.79. The van der Waals surface area contributed by atoms with Crippen molar-refractivity contribution in [2.75, 3.05) is 0 Å². The molecule has 1 aromatic carbocycles. The molecule has 68 valence electrons. The molecule has 0 aliphatic carbocycles. The van der Waals surface area contributed by atoms with Crippen LogP contribution in [0.4, 0.5) is 0 Å². The van der Waals surface area contributed by atoms with Crippen molar-refractivity contribution < 1.29 is 0 Å². The van der Waals surface area contributed by atoms with Crippen LogP contribution >= 0.6 is 0 Å². The van der Waals surface area contributed by atoms with Gasteiger partial charge in [0, 0.05) is 5.92 Å². The highest BCUT2D eigenvalue weighted by Crippen LogP contribution is 2.18. The molecule has 0 spiro atoms. The van der Waals surface area contributed by atoms with Gasteiger partial charge in [-0.3, -0.25) is 0 Å². The van der Waals surface area contributed by atoms with Crippen molar-refractivity contribution in [1.29, 1.82) is 0 Å². The van der Waals surface area contributed by atoms with Crippen molar-refractivity contribution in [3.8, 4) is 0 Å². The van der Waals surface area contributed by atoms with Gasteiger partial charge in [0.2, 0.25) is 0 Å². The van der Waals surface area contributed by atoms with Crippen LogP contribution in [0.3, 0.4) is 0 Å². The van der Waals surface area contributed by atoms with E-state index in [4.69, 9.17) is 0 Å². The summed E-state index contributed by atoms with van der Waals surface area (Å²) in [6.45, 7) is 4.11. The van der Waals surface area contributed by atoms with Gasteiger partial charge in [-0.2, -0.15) is 0 Å². The molecule has 0 saturated heterocycles. The second-order valence-electron chi connectivity index (χ2n) is 2.99. The Morgan fingerprint density at radius 2 is 1.46 bits per heavy atom. The highest BCUT2D eigenvalue weighted by molar-refractivity contribution is 5.28. The Hall–Kier alpha value is -1.30. The van der Waals surface area contributed by atoms with E-state index < -0.39 is 0 Å². The molecule has 0 aliphatic rings. The minimum atomic E-state index is 0.427. The molecule has 0 nitrogen and oxygen atoms in total. The Bertz CT molecular complexity index is 268. The maximum Gasteiger partial charge on any atom is 0.0198 e. The summed E-state index contributed by atoms with van der Waals surface area (Å²) in [6, 6.07) is 10.5. The van der Waals surface area contributed by atoms with Crippen LogP contribution in [-0.2, 0) is 0 Å². The van der Waals surface area contributed by atoms with Crippen LogP contribution in [0.5, 0.6) is 0 Å². The second-order valence-corrected chi connectivity index (χ2v) is 2.99. The fraction of sp³-hybridized carbons (Fsp3) is 0.231. The van der Waals surface area contributed by atoms with Gasteiger partial charge < -0.3 is 0 Å². The molecule has 0 aliphatic heterocycles. The summed E-state index contributed by atoms with van der Waals surface area (Å²) >= 11 is 0. The summed E-state index contributed by atoms with van der Waals surface area (Å²) in [6.07, 6.45) is 8.60. The van der Waals surface area contributed by atoms with E-state index in [1.807, 2.05) is 6.07 Å². The van der Waals surface area contributed by atoms with Gasteiger partial charge in [0.1, 0.15) is 0 Å². The van der Waals surface area contributed by atoms with E-state index in [0.717, 1.165) is 0 Å². The first-order valence-corrected chi connectivity index (χ1v) is 4.69. The Labute approximate surface area is 80.6 Å². The van der Waals surface area contributed by atoms with Crippen LogP contribution in [0.1, 0.15) is 25.3 Å². The number of benzene rings is 1. The Balaban J connectivity index is 2.88. The van der Waals surface area contributed by atoms with Crippen LogP contribution in [0.2, 0.25) is 0 Å². The minimum Gasteiger partial charge on any atom is -0.0907 e. The first-order chi connectivity index (χ1) is 6.38. The molecule has 0 N–H and O–H groups in total. The third-order valence-electron chi connectivity index (χ3n) is 1.98. The second kappa shape index (κ2) is 5.36. The van der Waals surface area contributed by atoms with Crippen LogP contribution < -0.4 is 0 Å². The van der Waals surface area contributed by atoms with Crippen molar-refractivity contribution in [2.45, 2.75) is 19.8 Å². The lowest BCUT2D eigenvalue weighted by molar-refractivity contribution is 1.07. The van der Waals surface area contributed by atoms with Crippen molar-refractivity contribution in [3.05, 3.63) is 60.2 Å². The van der Waals surface area contributed by atoms with Crippen molar-refractivity contribution in [3.63, 3.8) is 0 Å². The summed E-state index contributed by atoms with van der Waals surface area (Å²) < 4.78 is 0. The molecule has 0 radical (unpaired) electrons. The van der Waals surface area contributed by atoms with E-state index >= 15 is 0 Å².